The van der Waals surface area contributed by atoms with Gasteiger partial charge in [0.2, 0.25) is 0 Å². The molecule has 2 aromatic rings. The van der Waals surface area contributed by atoms with Gasteiger partial charge < -0.3 is 18.8 Å². The summed E-state index contributed by atoms with van der Waals surface area (Å²) in [6, 6.07) is 11.8. The summed E-state index contributed by atoms with van der Waals surface area (Å²) in [6.07, 6.45) is 1.70. The number of benzene rings is 1. The van der Waals surface area contributed by atoms with Gasteiger partial charge in [-0.25, -0.2) is 0 Å². The molecular formula is C24H33N3O4. The summed E-state index contributed by atoms with van der Waals surface area (Å²) in [5.74, 6) is 1.03. The molecule has 3 heterocycles. The van der Waals surface area contributed by atoms with E-state index in [1.54, 1.807) is 6.26 Å². The summed E-state index contributed by atoms with van der Waals surface area (Å²) < 4.78 is 17.0. The van der Waals surface area contributed by atoms with Gasteiger partial charge in [-0.2, -0.15) is 0 Å². The van der Waals surface area contributed by atoms with Gasteiger partial charge in [0.25, 0.3) is 5.91 Å². The molecule has 1 amide bonds. The van der Waals surface area contributed by atoms with Crippen LogP contribution in [-0.2, 0) is 16.0 Å². The fourth-order valence-corrected chi connectivity index (χ4v) is 4.14. The number of morpholine rings is 2. The van der Waals surface area contributed by atoms with E-state index >= 15 is 0 Å². The van der Waals surface area contributed by atoms with E-state index in [1.165, 1.54) is 0 Å². The Morgan fingerprint density at radius 2 is 1.84 bits per heavy atom. The number of hydrogen-bond acceptors (Lipinski definition) is 6. The van der Waals surface area contributed by atoms with Gasteiger partial charge in [-0.05, 0) is 31.2 Å². The zero-order valence-corrected chi connectivity index (χ0v) is 18.4. The minimum atomic E-state index is -0.0113. The van der Waals surface area contributed by atoms with E-state index < -0.39 is 0 Å². The van der Waals surface area contributed by atoms with E-state index in [9.17, 15) is 4.79 Å². The van der Waals surface area contributed by atoms with Crippen LogP contribution in [0.3, 0.4) is 0 Å². The quantitative estimate of drug-likeness (QED) is 0.644. The lowest BCUT2D eigenvalue weighted by Gasteiger charge is -2.36. The van der Waals surface area contributed by atoms with Crippen LogP contribution >= 0.6 is 0 Å². The molecule has 0 N–H and O–H groups in total. The number of ether oxygens (including phenoxy) is 2. The maximum atomic E-state index is 13.3. The summed E-state index contributed by atoms with van der Waals surface area (Å²) in [7, 11) is 0. The standard InChI is InChI=1S/C24H33N3O4/c1-20-4-6-21(7-5-20)24(28)27(9-8-25-10-14-29-15-11-25)19-23-18-26(12-16-31-23)17-22-3-2-13-30-22/h2-7,13,23H,8-12,14-19H2,1H3. The summed E-state index contributed by atoms with van der Waals surface area (Å²) in [4.78, 5) is 20.0. The fourth-order valence-electron chi connectivity index (χ4n) is 4.14. The van der Waals surface area contributed by atoms with E-state index in [1.807, 2.05) is 48.2 Å². The molecule has 1 unspecified atom stereocenters. The van der Waals surface area contributed by atoms with Crippen LogP contribution in [0.15, 0.2) is 47.1 Å². The van der Waals surface area contributed by atoms with Crippen molar-refractivity contribution in [2.45, 2.75) is 19.6 Å². The van der Waals surface area contributed by atoms with Crippen molar-refractivity contribution in [3.63, 3.8) is 0 Å². The van der Waals surface area contributed by atoms with Crippen molar-refractivity contribution in [1.82, 2.24) is 14.7 Å². The van der Waals surface area contributed by atoms with E-state index in [4.69, 9.17) is 13.9 Å². The van der Waals surface area contributed by atoms with Gasteiger partial charge in [-0.3, -0.25) is 14.6 Å². The van der Waals surface area contributed by atoms with Crippen LogP contribution in [0.2, 0.25) is 0 Å². The summed E-state index contributed by atoms with van der Waals surface area (Å²) in [5.41, 5.74) is 1.89. The Kier molecular flexibility index (Phi) is 7.75. The molecule has 1 aromatic heterocycles. The molecule has 2 aliphatic rings. The molecule has 0 spiro atoms. The number of carbonyl (C=O) groups excluding carboxylic acids is 1. The van der Waals surface area contributed by atoms with Gasteiger partial charge in [0.15, 0.2) is 0 Å². The number of hydrogen-bond donors (Lipinski definition) is 0. The highest BCUT2D eigenvalue weighted by atomic mass is 16.5. The molecule has 2 fully saturated rings. The van der Waals surface area contributed by atoms with Gasteiger partial charge in [-0.1, -0.05) is 17.7 Å². The van der Waals surface area contributed by atoms with Crippen LogP contribution in [0.1, 0.15) is 21.7 Å². The van der Waals surface area contributed by atoms with Gasteiger partial charge >= 0.3 is 0 Å². The van der Waals surface area contributed by atoms with Crippen LogP contribution in [0.25, 0.3) is 0 Å². The Morgan fingerprint density at radius 1 is 1.06 bits per heavy atom. The topological polar surface area (TPSA) is 58.4 Å². The Labute approximate surface area is 184 Å². The first-order valence-corrected chi connectivity index (χ1v) is 11.2. The van der Waals surface area contributed by atoms with Crippen LogP contribution in [0.4, 0.5) is 0 Å². The third-order valence-corrected chi connectivity index (χ3v) is 5.98. The molecule has 0 aliphatic carbocycles. The highest BCUT2D eigenvalue weighted by molar-refractivity contribution is 5.94. The zero-order valence-electron chi connectivity index (χ0n) is 18.4. The lowest BCUT2D eigenvalue weighted by atomic mass is 10.1. The largest absolute Gasteiger partial charge is 0.468 e. The fraction of sp³-hybridized carbons (Fsp3) is 0.542. The summed E-state index contributed by atoms with van der Waals surface area (Å²) in [5, 5.41) is 0. The first-order valence-electron chi connectivity index (χ1n) is 11.2. The highest BCUT2D eigenvalue weighted by Gasteiger charge is 2.26. The molecule has 168 valence electrons. The maximum absolute atomic E-state index is 13.3. The van der Waals surface area contributed by atoms with Gasteiger partial charge in [0, 0.05) is 51.4 Å². The number of furan rings is 1. The number of aryl methyl sites for hydroxylation is 1. The van der Waals surface area contributed by atoms with Gasteiger partial charge in [0.05, 0.1) is 38.7 Å². The molecule has 0 bridgehead atoms. The van der Waals surface area contributed by atoms with Crippen LogP contribution in [0.5, 0.6) is 0 Å². The Hall–Kier alpha value is -2.19. The second-order valence-electron chi connectivity index (χ2n) is 8.38. The Balaban J connectivity index is 1.39. The van der Waals surface area contributed by atoms with Crippen molar-refractivity contribution in [2.75, 3.05) is 65.6 Å². The van der Waals surface area contributed by atoms with Crippen LogP contribution < -0.4 is 0 Å². The van der Waals surface area contributed by atoms with Crippen molar-refractivity contribution in [1.29, 1.82) is 0 Å². The SMILES string of the molecule is Cc1ccc(C(=O)N(CCN2CCOCC2)CC2CN(Cc3ccco3)CCO2)cc1. The second-order valence-corrected chi connectivity index (χ2v) is 8.38. The number of carbonyl (C=O) groups is 1. The minimum absolute atomic E-state index is 0.0113. The van der Waals surface area contributed by atoms with Crippen LogP contribution in [0, 0.1) is 6.92 Å². The molecule has 31 heavy (non-hydrogen) atoms. The van der Waals surface area contributed by atoms with Crippen molar-refractivity contribution in [3.8, 4) is 0 Å². The molecular weight excluding hydrogens is 394 g/mol. The summed E-state index contributed by atoms with van der Waals surface area (Å²) in [6.45, 7) is 10.6. The van der Waals surface area contributed by atoms with Crippen molar-refractivity contribution < 1.29 is 18.7 Å². The number of amides is 1. The molecule has 2 aliphatic heterocycles. The summed E-state index contributed by atoms with van der Waals surface area (Å²) >= 11 is 0. The molecule has 1 aromatic carbocycles. The van der Waals surface area contributed by atoms with Crippen molar-refractivity contribution >= 4 is 5.91 Å². The monoisotopic (exact) mass is 427 g/mol. The lowest BCUT2D eigenvalue weighted by molar-refractivity contribution is -0.0457. The third kappa shape index (κ3) is 6.40. The highest BCUT2D eigenvalue weighted by Crippen LogP contribution is 2.14. The molecule has 0 saturated carbocycles. The van der Waals surface area contributed by atoms with Crippen LogP contribution in [-0.4, -0.2) is 92.3 Å². The first kappa shape index (κ1) is 22.0. The zero-order chi connectivity index (χ0) is 21.5. The van der Waals surface area contributed by atoms with E-state index in [2.05, 4.69) is 9.80 Å². The normalized spacial score (nSPS) is 20.6. The Bertz CT molecular complexity index is 803. The second kappa shape index (κ2) is 10.9. The predicted molar refractivity (Wildman–Crippen MR) is 118 cm³/mol. The van der Waals surface area contributed by atoms with Gasteiger partial charge in [0.1, 0.15) is 5.76 Å². The predicted octanol–water partition coefficient (Wildman–Crippen LogP) is 2.26. The minimum Gasteiger partial charge on any atom is -0.468 e. The van der Waals surface area contributed by atoms with Crippen molar-refractivity contribution in [3.05, 3.63) is 59.5 Å². The van der Waals surface area contributed by atoms with E-state index in [-0.39, 0.29) is 12.0 Å². The average molecular weight is 428 g/mol. The van der Waals surface area contributed by atoms with E-state index in [0.29, 0.717) is 19.7 Å². The third-order valence-electron chi connectivity index (χ3n) is 5.98. The smallest absolute Gasteiger partial charge is 0.253 e. The molecule has 7 nitrogen and oxygen atoms in total. The molecule has 1 atom stereocenters. The molecule has 7 heteroatoms. The maximum Gasteiger partial charge on any atom is 0.253 e. The number of nitrogens with zero attached hydrogens (tertiary/aromatic N) is 3. The van der Waals surface area contributed by atoms with Crippen molar-refractivity contribution in [2.24, 2.45) is 0 Å². The van der Waals surface area contributed by atoms with E-state index in [0.717, 1.165) is 69.4 Å². The average Bonchev–Trinajstić information content (AvgIpc) is 3.31. The molecule has 2 saturated heterocycles. The number of rotatable bonds is 8. The van der Waals surface area contributed by atoms with Gasteiger partial charge in [-0.15, -0.1) is 0 Å². The first-order chi connectivity index (χ1) is 15.2. The molecule has 0 radical (unpaired) electrons. The lowest BCUT2D eigenvalue weighted by Crippen LogP contribution is -2.50. The molecule has 4 rings (SSSR count). The Morgan fingerprint density at radius 3 is 2.58 bits per heavy atom.